The van der Waals surface area contributed by atoms with Crippen molar-refractivity contribution >= 4 is 29.2 Å². The molecule has 0 bridgehead atoms. The van der Waals surface area contributed by atoms with E-state index in [0.717, 1.165) is 42.0 Å². The first-order chi connectivity index (χ1) is 16.0. The minimum atomic E-state index is -0.598. The summed E-state index contributed by atoms with van der Waals surface area (Å²) in [5.41, 5.74) is 3.56. The number of carbonyl (C=O) groups excluding carboxylic acids is 1. The molecule has 3 aromatic heterocycles. The van der Waals surface area contributed by atoms with E-state index in [2.05, 4.69) is 39.7 Å². The fourth-order valence-electron chi connectivity index (χ4n) is 4.09. The number of pyridine rings is 1. The number of nitrogens with one attached hydrogen (secondary N) is 3. The van der Waals surface area contributed by atoms with Crippen molar-refractivity contribution in [3.8, 4) is 0 Å². The number of aryl methyl sites for hydroxylation is 1. The summed E-state index contributed by atoms with van der Waals surface area (Å²) >= 11 is 0. The maximum atomic E-state index is 13.1. The number of hydrogen-bond acceptors (Lipinski definition) is 7. The van der Waals surface area contributed by atoms with Gasteiger partial charge in [-0.3, -0.25) is 9.89 Å². The number of amides is 1. The highest BCUT2D eigenvalue weighted by Crippen LogP contribution is 2.32. The normalized spacial score (nSPS) is 17.0. The van der Waals surface area contributed by atoms with Crippen LogP contribution in [0.25, 0.3) is 0 Å². The first kappa shape index (κ1) is 21.0. The first-order valence-corrected chi connectivity index (χ1v) is 11.1. The van der Waals surface area contributed by atoms with Crippen molar-refractivity contribution in [3.05, 3.63) is 59.4 Å². The van der Waals surface area contributed by atoms with Crippen LogP contribution in [0.1, 0.15) is 43.1 Å². The molecule has 1 amide bonds. The van der Waals surface area contributed by atoms with Gasteiger partial charge in [-0.25, -0.2) is 9.97 Å². The molecule has 0 radical (unpaired) electrons. The molecule has 3 aromatic rings. The Morgan fingerprint density at radius 2 is 2.15 bits per heavy atom. The van der Waals surface area contributed by atoms with Crippen molar-refractivity contribution in [2.24, 2.45) is 0 Å². The number of hydrogen-bond donors (Lipinski definition) is 3. The minimum Gasteiger partial charge on any atom is -0.323 e. The van der Waals surface area contributed by atoms with Crippen molar-refractivity contribution in [2.75, 3.05) is 22.1 Å². The van der Waals surface area contributed by atoms with Crippen LogP contribution in [-0.2, 0) is 17.6 Å². The van der Waals surface area contributed by atoms with E-state index in [4.69, 9.17) is 9.97 Å². The molecule has 0 saturated carbocycles. The Kier molecular flexibility index (Phi) is 5.49. The third-order valence-electron chi connectivity index (χ3n) is 5.86. The molecule has 0 spiro atoms. The van der Waals surface area contributed by atoms with Crippen LogP contribution in [0.4, 0.5) is 27.7 Å². The van der Waals surface area contributed by atoms with Crippen molar-refractivity contribution in [2.45, 2.75) is 45.1 Å². The third-order valence-corrected chi connectivity index (χ3v) is 5.86. The van der Waals surface area contributed by atoms with Gasteiger partial charge >= 0.3 is 0 Å². The van der Waals surface area contributed by atoms with Crippen LogP contribution >= 0.6 is 0 Å². The molecule has 5 rings (SSSR count). The van der Waals surface area contributed by atoms with Crippen LogP contribution in [0, 0.1) is 5.95 Å². The van der Waals surface area contributed by atoms with Crippen molar-refractivity contribution in [1.82, 2.24) is 25.1 Å². The lowest BCUT2D eigenvalue weighted by Gasteiger charge is -2.25. The molecular weight excluding hydrogens is 423 g/mol. The molecule has 1 aliphatic heterocycles. The standard InChI is InChI=1S/C23H25FN8O/c1-13(2)17-11-20(31-30-17)28-21-15-5-3-6-16(15)27-23(29-21)32-10-4-7-18(32)22(33)26-14-8-9-19(24)25-12-14/h4,7-9,11-13,18H,3,5-6,10H2,1-2H3,(H,26,33)(H2,27,28,29,30,31)/t18-/m1/s1. The number of carbonyl (C=O) groups is 1. The number of aromatic nitrogens is 5. The average Bonchev–Trinajstić information content (AvgIpc) is 3.55. The molecule has 1 aliphatic carbocycles. The van der Waals surface area contributed by atoms with Gasteiger partial charge in [0.15, 0.2) is 5.82 Å². The van der Waals surface area contributed by atoms with Gasteiger partial charge in [-0.1, -0.05) is 26.0 Å². The van der Waals surface area contributed by atoms with Crippen molar-refractivity contribution in [3.63, 3.8) is 0 Å². The molecule has 9 nitrogen and oxygen atoms in total. The number of rotatable bonds is 6. The van der Waals surface area contributed by atoms with Crippen LogP contribution in [-0.4, -0.2) is 43.6 Å². The van der Waals surface area contributed by atoms with Gasteiger partial charge in [0.25, 0.3) is 5.91 Å². The predicted octanol–water partition coefficient (Wildman–Crippen LogP) is 3.47. The predicted molar refractivity (Wildman–Crippen MR) is 123 cm³/mol. The molecule has 3 N–H and O–H groups in total. The van der Waals surface area contributed by atoms with Crippen LogP contribution < -0.4 is 15.5 Å². The molecular formula is C23H25FN8O. The summed E-state index contributed by atoms with van der Waals surface area (Å²) in [4.78, 5) is 28.0. The van der Waals surface area contributed by atoms with Gasteiger partial charge < -0.3 is 15.5 Å². The van der Waals surface area contributed by atoms with Gasteiger partial charge in [0.2, 0.25) is 11.9 Å². The molecule has 33 heavy (non-hydrogen) atoms. The van der Waals surface area contributed by atoms with E-state index in [0.29, 0.717) is 29.9 Å². The first-order valence-electron chi connectivity index (χ1n) is 11.1. The van der Waals surface area contributed by atoms with E-state index >= 15 is 0 Å². The fraction of sp³-hybridized carbons (Fsp3) is 0.348. The monoisotopic (exact) mass is 448 g/mol. The van der Waals surface area contributed by atoms with Gasteiger partial charge in [-0.05, 0) is 37.3 Å². The molecule has 4 heterocycles. The lowest BCUT2D eigenvalue weighted by Crippen LogP contribution is -2.41. The maximum Gasteiger partial charge on any atom is 0.251 e. The molecule has 0 fully saturated rings. The molecule has 0 aromatic carbocycles. The second-order valence-corrected chi connectivity index (χ2v) is 8.52. The molecule has 170 valence electrons. The molecule has 2 aliphatic rings. The topological polar surface area (TPSA) is 112 Å². The van der Waals surface area contributed by atoms with Gasteiger partial charge in [0.05, 0.1) is 17.6 Å². The van der Waals surface area contributed by atoms with E-state index in [1.165, 1.54) is 18.3 Å². The minimum absolute atomic E-state index is 0.260. The lowest BCUT2D eigenvalue weighted by molar-refractivity contribution is -0.116. The summed E-state index contributed by atoms with van der Waals surface area (Å²) in [6, 6.07) is 4.09. The van der Waals surface area contributed by atoms with E-state index in [1.807, 2.05) is 23.1 Å². The number of anilines is 4. The number of aromatic amines is 1. The van der Waals surface area contributed by atoms with Crippen LogP contribution in [0.15, 0.2) is 36.5 Å². The summed E-state index contributed by atoms with van der Waals surface area (Å²) in [7, 11) is 0. The summed E-state index contributed by atoms with van der Waals surface area (Å²) < 4.78 is 13.1. The van der Waals surface area contributed by atoms with Crippen molar-refractivity contribution < 1.29 is 9.18 Å². The lowest BCUT2D eigenvalue weighted by atomic mass is 10.1. The maximum absolute atomic E-state index is 13.1. The SMILES string of the molecule is CC(C)c1cc(Nc2nc(N3CC=C[C@@H]3C(=O)Nc3ccc(F)nc3)nc3c2CCC3)n[nH]1. The largest absolute Gasteiger partial charge is 0.323 e. The molecule has 10 heteroatoms. The Morgan fingerprint density at radius 3 is 2.91 bits per heavy atom. The Bertz CT molecular complexity index is 1200. The zero-order valence-corrected chi connectivity index (χ0v) is 18.5. The number of fused-ring (bicyclic) bond motifs is 1. The second kappa shape index (κ2) is 8.61. The Labute approximate surface area is 190 Å². The number of H-pyrrole nitrogens is 1. The van der Waals surface area contributed by atoms with Crippen LogP contribution in [0.3, 0.4) is 0 Å². The third kappa shape index (κ3) is 4.28. The highest BCUT2D eigenvalue weighted by Gasteiger charge is 2.31. The second-order valence-electron chi connectivity index (χ2n) is 8.52. The smallest absolute Gasteiger partial charge is 0.251 e. The quantitative estimate of drug-likeness (QED) is 0.391. The van der Waals surface area contributed by atoms with E-state index < -0.39 is 12.0 Å². The van der Waals surface area contributed by atoms with E-state index in [9.17, 15) is 9.18 Å². The zero-order chi connectivity index (χ0) is 22.9. The Balaban J connectivity index is 1.40. The zero-order valence-electron chi connectivity index (χ0n) is 18.5. The van der Waals surface area contributed by atoms with Crippen molar-refractivity contribution in [1.29, 1.82) is 0 Å². The summed E-state index contributed by atoms with van der Waals surface area (Å²) in [5, 5.41) is 13.5. The average molecular weight is 449 g/mol. The van der Waals surface area contributed by atoms with Crippen LogP contribution in [0.5, 0.6) is 0 Å². The van der Waals surface area contributed by atoms with Gasteiger partial charge in [0.1, 0.15) is 11.9 Å². The van der Waals surface area contributed by atoms with E-state index in [-0.39, 0.29) is 5.91 Å². The Hall–Kier alpha value is -3.82. The summed E-state index contributed by atoms with van der Waals surface area (Å²) in [6.07, 6.45) is 7.81. The Morgan fingerprint density at radius 1 is 1.27 bits per heavy atom. The summed E-state index contributed by atoms with van der Waals surface area (Å²) in [5.74, 6) is 1.40. The van der Waals surface area contributed by atoms with Crippen LogP contribution in [0.2, 0.25) is 0 Å². The highest BCUT2D eigenvalue weighted by atomic mass is 19.1. The fourth-order valence-corrected chi connectivity index (χ4v) is 4.09. The molecule has 0 saturated heterocycles. The van der Waals surface area contributed by atoms with Gasteiger partial charge in [-0.15, -0.1) is 0 Å². The highest BCUT2D eigenvalue weighted by molar-refractivity contribution is 5.98. The molecule has 0 unspecified atom stereocenters. The summed E-state index contributed by atoms with van der Waals surface area (Å²) in [6.45, 7) is 4.72. The number of nitrogens with zero attached hydrogens (tertiary/aromatic N) is 5. The molecule has 1 atom stereocenters. The van der Waals surface area contributed by atoms with Gasteiger partial charge in [0, 0.05) is 23.9 Å². The number of halogens is 1. The van der Waals surface area contributed by atoms with E-state index in [1.54, 1.807) is 0 Å². The van der Waals surface area contributed by atoms with Gasteiger partial charge in [-0.2, -0.15) is 14.5 Å².